The normalized spacial score (nSPS) is 10.7. The molecule has 0 saturated heterocycles. The summed E-state index contributed by atoms with van der Waals surface area (Å²) in [6.45, 7) is 1.51. The Morgan fingerprint density at radius 2 is 1.74 bits per heavy atom. The zero-order valence-electron chi connectivity index (χ0n) is 18.5. The number of para-hydroxylation sites is 1. The highest BCUT2D eigenvalue weighted by molar-refractivity contribution is 6.36. The number of nitrogens with one attached hydrogen (secondary N) is 1. The number of hydrogen-bond donors (Lipinski definition) is 1. The number of carbonyl (C=O) groups excluding carboxylic acids is 2. The number of carbonyl (C=O) groups is 2. The third-order valence-corrected chi connectivity index (χ3v) is 5.51. The van der Waals surface area contributed by atoms with Crippen LogP contribution in [0.15, 0.2) is 75.9 Å². The first-order chi connectivity index (χ1) is 16.9. The van der Waals surface area contributed by atoms with Crippen LogP contribution in [0.2, 0.25) is 10.0 Å². The summed E-state index contributed by atoms with van der Waals surface area (Å²) in [4.78, 5) is 37.5. The molecule has 3 aromatic carbocycles. The zero-order valence-corrected chi connectivity index (χ0v) is 20.0. The highest BCUT2D eigenvalue weighted by Crippen LogP contribution is 2.36. The molecule has 0 bridgehead atoms. The molecule has 0 radical (unpaired) electrons. The van der Waals surface area contributed by atoms with E-state index in [-0.39, 0.29) is 23.1 Å². The predicted octanol–water partition coefficient (Wildman–Crippen LogP) is 5.96. The fourth-order valence-electron chi connectivity index (χ4n) is 3.35. The number of amides is 1. The van der Waals surface area contributed by atoms with Gasteiger partial charge < -0.3 is 19.2 Å². The first-order valence-electron chi connectivity index (χ1n) is 10.6. The third-order valence-electron chi connectivity index (χ3n) is 4.96. The Balaban J connectivity index is 1.59. The molecule has 4 rings (SSSR count). The summed E-state index contributed by atoms with van der Waals surface area (Å²) in [7, 11) is 0. The number of ether oxygens (including phenoxy) is 2. The van der Waals surface area contributed by atoms with E-state index < -0.39 is 23.9 Å². The van der Waals surface area contributed by atoms with E-state index in [0.29, 0.717) is 32.8 Å². The standard InChI is InChI=1S/C26H19Cl2NO6/c1-2-33-26(32)15-7-10-17(11-8-15)29-22(30)14-34-25-23(31)19-5-3-4-6-21(19)35-24(25)18-12-9-16(27)13-20(18)28/h3-13H,2,14H2,1H3,(H,29,30). The van der Waals surface area contributed by atoms with Gasteiger partial charge in [0.05, 0.1) is 22.6 Å². The molecule has 178 valence electrons. The van der Waals surface area contributed by atoms with Crippen molar-refractivity contribution in [1.82, 2.24) is 0 Å². The fourth-order valence-corrected chi connectivity index (χ4v) is 3.84. The number of halogens is 2. The minimum absolute atomic E-state index is 0.0851. The molecule has 1 N–H and O–H groups in total. The van der Waals surface area contributed by atoms with Gasteiger partial charge in [0, 0.05) is 16.3 Å². The summed E-state index contributed by atoms with van der Waals surface area (Å²) in [5, 5.41) is 3.62. The number of rotatable bonds is 7. The van der Waals surface area contributed by atoms with Crippen LogP contribution in [0.1, 0.15) is 17.3 Å². The van der Waals surface area contributed by atoms with Gasteiger partial charge in [-0.15, -0.1) is 0 Å². The summed E-state index contributed by atoms with van der Waals surface area (Å²) >= 11 is 12.4. The topological polar surface area (TPSA) is 94.8 Å². The summed E-state index contributed by atoms with van der Waals surface area (Å²) in [5.41, 5.74) is 1.10. The van der Waals surface area contributed by atoms with E-state index in [1.54, 1.807) is 55.5 Å². The van der Waals surface area contributed by atoms with E-state index in [1.807, 2.05) is 0 Å². The number of fused-ring (bicyclic) bond motifs is 1. The molecule has 1 aromatic heterocycles. The number of anilines is 1. The predicted molar refractivity (Wildman–Crippen MR) is 134 cm³/mol. The van der Waals surface area contributed by atoms with Crippen LogP contribution in [0, 0.1) is 0 Å². The minimum Gasteiger partial charge on any atom is -0.476 e. The number of hydrogen-bond acceptors (Lipinski definition) is 6. The van der Waals surface area contributed by atoms with Crippen molar-refractivity contribution in [3.8, 4) is 17.1 Å². The van der Waals surface area contributed by atoms with Crippen molar-refractivity contribution in [3.05, 3.63) is 92.6 Å². The lowest BCUT2D eigenvalue weighted by atomic mass is 10.1. The second-order valence-electron chi connectivity index (χ2n) is 7.34. The summed E-state index contributed by atoms with van der Waals surface area (Å²) in [6, 6.07) is 17.6. The average molecular weight is 512 g/mol. The molecule has 0 aliphatic rings. The van der Waals surface area contributed by atoms with Gasteiger partial charge in [0.2, 0.25) is 11.2 Å². The van der Waals surface area contributed by atoms with Gasteiger partial charge in [-0.1, -0.05) is 35.3 Å². The van der Waals surface area contributed by atoms with Crippen LogP contribution in [0.3, 0.4) is 0 Å². The Bertz CT molecular complexity index is 1460. The lowest BCUT2D eigenvalue weighted by Gasteiger charge is -2.13. The number of esters is 1. The first kappa shape index (κ1) is 24.3. The molecule has 0 fully saturated rings. The largest absolute Gasteiger partial charge is 0.476 e. The Hall–Kier alpha value is -3.81. The molecule has 0 aliphatic heterocycles. The van der Waals surface area contributed by atoms with Crippen LogP contribution >= 0.6 is 23.2 Å². The SMILES string of the molecule is CCOC(=O)c1ccc(NC(=O)COc2c(-c3ccc(Cl)cc3Cl)oc3ccccc3c2=O)cc1. The second kappa shape index (κ2) is 10.6. The molecule has 35 heavy (non-hydrogen) atoms. The average Bonchev–Trinajstić information content (AvgIpc) is 2.84. The third kappa shape index (κ3) is 5.48. The number of benzene rings is 3. The van der Waals surface area contributed by atoms with Crippen molar-refractivity contribution < 1.29 is 23.5 Å². The van der Waals surface area contributed by atoms with Crippen LogP contribution in [0.4, 0.5) is 5.69 Å². The van der Waals surface area contributed by atoms with Crippen LogP contribution in [0.5, 0.6) is 5.75 Å². The fraction of sp³-hybridized carbons (Fsp3) is 0.115. The molecule has 0 atom stereocenters. The maximum absolute atomic E-state index is 13.2. The molecule has 0 unspecified atom stereocenters. The van der Waals surface area contributed by atoms with Crippen molar-refractivity contribution in [2.45, 2.75) is 6.92 Å². The van der Waals surface area contributed by atoms with Gasteiger partial charge in [0.25, 0.3) is 5.91 Å². The maximum atomic E-state index is 13.2. The van der Waals surface area contributed by atoms with Gasteiger partial charge in [-0.2, -0.15) is 0 Å². The molecule has 0 spiro atoms. The molecule has 1 amide bonds. The molecule has 0 aliphatic carbocycles. The van der Waals surface area contributed by atoms with Crippen LogP contribution in [-0.2, 0) is 9.53 Å². The molecule has 4 aromatic rings. The van der Waals surface area contributed by atoms with Crippen LogP contribution < -0.4 is 15.5 Å². The quantitative estimate of drug-likeness (QED) is 0.307. The van der Waals surface area contributed by atoms with Crippen molar-refractivity contribution >= 4 is 51.7 Å². The van der Waals surface area contributed by atoms with E-state index >= 15 is 0 Å². The van der Waals surface area contributed by atoms with Crippen molar-refractivity contribution in [1.29, 1.82) is 0 Å². The Morgan fingerprint density at radius 1 is 1.00 bits per heavy atom. The Labute approximate surface area is 210 Å². The maximum Gasteiger partial charge on any atom is 0.338 e. The smallest absolute Gasteiger partial charge is 0.338 e. The molecular weight excluding hydrogens is 493 g/mol. The van der Waals surface area contributed by atoms with Gasteiger partial charge in [-0.3, -0.25) is 9.59 Å². The molecule has 0 saturated carbocycles. The Kier molecular flexibility index (Phi) is 7.39. The van der Waals surface area contributed by atoms with Gasteiger partial charge in [0.1, 0.15) is 5.58 Å². The van der Waals surface area contributed by atoms with Gasteiger partial charge in [-0.05, 0) is 61.5 Å². The van der Waals surface area contributed by atoms with Crippen LogP contribution in [0.25, 0.3) is 22.3 Å². The van der Waals surface area contributed by atoms with Crippen LogP contribution in [-0.4, -0.2) is 25.1 Å². The van der Waals surface area contributed by atoms with Crippen molar-refractivity contribution in [2.75, 3.05) is 18.5 Å². The van der Waals surface area contributed by atoms with Gasteiger partial charge in [0.15, 0.2) is 12.4 Å². The zero-order chi connectivity index (χ0) is 24.9. The monoisotopic (exact) mass is 511 g/mol. The highest BCUT2D eigenvalue weighted by Gasteiger charge is 2.21. The summed E-state index contributed by atoms with van der Waals surface area (Å²) < 4.78 is 16.6. The molecule has 9 heteroatoms. The minimum atomic E-state index is -0.519. The van der Waals surface area contributed by atoms with E-state index in [1.165, 1.54) is 18.2 Å². The lowest BCUT2D eigenvalue weighted by molar-refractivity contribution is -0.118. The van der Waals surface area contributed by atoms with E-state index in [2.05, 4.69) is 5.32 Å². The van der Waals surface area contributed by atoms with E-state index in [4.69, 9.17) is 37.1 Å². The van der Waals surface area contributed by atoms with Crippen molar-refractivity contribution in [2.24, 2.45) is 0 Å². The van der Waals surface area contributed by atoms with E-state index in [0.717, 1.165) is 0 Å². The molecular formula is C26H19Cl2NO6. The first-order valence-corrected chi connectivity index (χ1v) is 11.3. The van der Waals surface area contributed by atoms with Gasteiger partial charge >= 0.3 is 5.97 Å². The Morgan fingerprint density at radius 3 is 2.46 bits per heavy atom. The highest BCUT2D eigenvalue weighted by atomic mass is 35.5. The molecule has 1 heterocycles. The van der Waals surface area contributed by atoms with Crippen molar-refractivity contribution in [3.63, 3.8) is 0 Å². The van der Waals surface area contributed by atoms with E-state index in [9.17, 15) is 14.4 Å². The lowest BCUT2D eigenvalue weighted by Crippen LogP contribution is -2.22. The molecule has 7 nitrogen and oxygen atoms in total. The second-order valence-corrected chi connectivity index (χ2v) is 8.19. The summed E-state index contributed by atoms with van der Waals surface area (Å²) in [5.74, 6) is -1.04. The summed E-state index contributed by atoms with van der Waals surface area (Å²) in [6.07, 6.45) is 0. The van der Waals surface area contributed by atoms with Gasteiger partial charge in [-0.25, -0.2) is 4.79 Å².